The van der Waals surface area contributed by atoms with Crippen LogP contribution in [0.25, 0.3) is 0 Å². The topological polar surface area (TPSA) is 21.6 Å². The van der Waals surface area contributed by atoms with Crippen molar-refractivity contribution in [1.29, 1.82) is 0 Å². The first-order valence-corrected chi connectivity index (χ1v) is 4.53. The van der Waals surface area contributed by atoms with E-state index in [1.807, 2.05) is 0 Å². The van der Waals surface area contributed by atoms with E-state index in [1.54, 1.807) is 7.11 Å². The summed E-state index contributed by atoms with van der Waals surface area (Å²) >= 11 is 0. The lowest BCUT2D eigenvalue weighted by Crippen LogP contribution is -2.14. The Morgan fingerprint density at radius 3 is 3.00 bits per heavy atom. The first-order chi connectivity index (χ1) is 5.42. The van der Waals surface area contributed by atoms with Crippen LogP contribution in [-0.4, -0.2) is 19.0 Å². The fourth-order valence-corrected chi connectivity index (χ4v) is 2.99. The Hall–Kier alpha value is -0.530. The molecule has 2 aliphatic carbocycles. The van der Waals surface area contributed by atoms with Gasteiger partial charge < -0.3 is 4.74 Å². The summed E-state index contributed by atoms with van der Waals surface area (Å²) in [5.74, 6) is 3.66. The highest BCUT2D eigenvalue weighted by molar-refractivity contribution is 5.85. The number of hydrogen-bond donors (Lipinski definition) is 0. The van der Waals surface area contributed by atoms with Crippen molar-refractivity contribution in [1.82, 2.24) is 0 Å². The van der Waals surface area contributed by atoms with Gasteiger partial charge in [0.1, 0.15) is 0 Å². The molecule has 60 valence electrons. The molecule has 0 aromatic rings. The smallest absolute Gasteiger partial charge is 0.187 e. The monoisotopic (exact) mass is 151 g/mol. The molecule has 2 heteroatoms. The molecule has 0 unspecified atom stereocenters. The molecule has 0 saturated heterocycles. The molecule has 0 N–H and O–H groups in total. The summed E-state index contributed by atoms with van der Waals surface area (Å²) in [7, 11) is 1.76. The van der Waals surface area contributed by atoms with Gasteiger partial charge in [0, 0.05) is 5.92 Å². The van der Waals surface area contributed by atoms with Gasteiger partial charge in [-0.2, -0.15) is 0 Å². The lowest BCUT2D eigenvalue weighted by atomic mass is 9.96. The molecule has 3 rings (SSSR count). The van der Waals surface area contributed by atoms with Crippen LogP contribution in [0.2, 0.25) is 0 Å². The number of rotatable bonds is 0. The lowest BCUT2D eigenvalue weighted by Gasteiger charge is -2.16. The molecule has 0 aromatic carbocycles. The molecule has 3 aliphatic rings. The van der Waals surface area contributed by atoms with Crippen LogP contribution in [0.1, 0.15) is 19.3 Å². The zero-order chi connectivity index (χ0) is 7.42. The molecule has 0 amide bonds. The minimum Gasteiger partial charge on any atom is -0.484 e. The van der Waals surface area contributed by atoms with Gasteiger partial charge in [-0.1, -0.05) is 6.42 Å². The van der Waals surface area contributed by atoms with Crippen LogP contribution in [0, 0.1) is 17.8 Å². The molecule has 0 aromatic heterocycles. The predicted molar refractivity (Wildman–Crippen MR) is 42.6 cm³/mol. The molecule has 1 heterocycles. The Labute approximate surface area is 66.7 Å². The number of methoxy groups -OCH3 is 1. The molecular formula is C9H13NO. The number of aliphatic imine (C=N–C) groups is 1. The summed E-state index contributed by atoms with van der Waals surface area (Å²) in [6.07, 6.45) is 4.13. The van der Waals surface area contributed by atoms with E-state index in [4.69, 9.17) is 4.74 Å². The highest BCUT2D eigenvalue weighted by atomic mass is 16.5. The molecule has 0 spiro atoms. The minimum absolute atomic E-state index is 0.647. The van der Waals surface area contributed by atoms with Gasteiger partial charge >= 0.3 is 0 Å². The third-order valence-corrected chi connectivity index (χ3v) is 3.50. The maximum atomic E-state index is 5.25. The van der Waals surface area contributed by atoms with Crippen LogP contribution < -0.4 is 0 Å². The summed E-state index contributed by atoms with van der Waals surface area (Å²) in [6.45, 7) is 0. The van der Waals surface area contributed by atoms with Crippen molar-refractivity contribution < 1.29 is 4.74 Å². The molecule has 2 nitrogen and oxygen atoms in total. The standard InChI is InChI=1S/C9H13NO/c1-11-9-8-5-3-2-4-6(10-9)7(5)8/h5-8H,2-4H2,1H3/t5-,6+,7+,8-/m1/s1. The second-order valence-electron chi connectivity index (χ2n) is 3.94. The largest absolute Gasteiger partial charge is 0.484 e. The van der Waals surface area contributed by atoms with E-state index in [0.717, 1.165) is 23.7 Å². The maximum Gasteiger partial charge on any atom is 0.187 e. The van der Waals surface area contributed by atoms with Crippen molar-refractivity contribution in [3.05, 3.63) is 0 Å². The van der Waals surface area contributed by atoms with Crippen molar-refractivity contribution in [2.75, 3.05) is 7.11 Å². The van der Waals surface area contributed by atoms with Gasteiger partial charge in [-0.15, -0.1) is 0 Å². The van der Waals surface area contributed by atoms with E-state index in [9.17, 15) is 0 Å². The van der Waals surface area contributed by atoms with Crippen LogP contribution in [0.3, 0.4) is 0 Å². The van der Waals surface area contributed by atoms with Crippen molar-refractivity contribution in [2.45, 2.75) is 25.3 Å². The van der Waals surface area contributed by atoms with Gasteiger partial charge in [0.25, 0.3) is 0 Å². The average Bonchev–Trinajstić information content (AvgIpc) is 2.59. The van der Waals surface area contributed by atoms with Gasteiger partial charge in [0.2, 0.25) is 0 Å². The summed E-state index contributed by atoms with van der Waals surface area (Å²) in [6, 6.07) is 0.647. The van der Waals surface area contributed by atoms with Gasteiger partial charge in [-0.05, 0) is 24.7 Å². The average molecular weight is 151 g/mol. The Kier molecular flexibility index (Phi) is 0.984. The van der Waals surface area contributed by atoms with Crippen LogP contribution in [0.5, 0.6) is 0 Å². The molecule has 4 atom stereocenters. The van der Waals surface area contributed by atoms with Crippen LogP contribution in [0.15, 0.2) is 4.99 Å². The third kappa shape index (κ3) is 0.608. The Morgan fingerprint density at radius 1 is 1.45 bits per heavy atom. The Balaban J connectivity index is 1.91. The van der Waals surface area contributed by atoms with E-state index >= 15 is 0 Å². The van der Waals surface area contributed by atoms with E-state index in [1.165, 1.54) is 19.3 Å². The van der Waals surface area contributed by atoms with Gasteiger partial charge in [-0.25, -0.2) is 0 Å². The number of nitrogens with zero attached hydrogens (tertiary/aromatic N) is 1. The zero-order valence-corrected chi connectivity index (χ0v) is 6.79. The number of hydrogen-bond acceptors (Lipinski definition) is 2. The van der Waals surface area contributed by atoms with E-state index < -0.39 is 0 Å². The van der Waals surface area contributed by atoms with Crippen LogP contribution in [0.4, 0.5) is 0 Å². The lowest BCUT2D eigenvalue weighted by molar-refractivity contribution is 0.369. The molecule has 11 heavy (non-hydrogen) atoms. The van der Waals surface area contributed by atoms with Gasteiger partial charge in [0.15, 0.2) is 5.90 Å². The van der Waals surface area contributed by atoms with Crippen molar-refractivity contribution >= 4 is 5.90 Å². The first kappa shape index (κ1) is 6.04. The number of ether oxygens (including phenoxy) is 1. The van der Waals surface area contributed by atoms with Crippen molar-refractivity contribution in [3.8, 4) is 0 Å². The van der Waals surface area contributed by atoms with Crippen LogP contribution >= 0.6 is 0 Å². The van der Waals surface area contributed by atoms with Crippen molar-refractivity contribution in [2.24, 2.45) is 22.7 Å². The SMILES string of the molecule is COC1=N[C@H]2CCC[C@H]3[C@@H]1[C@@H]32. The van der Waals surface area contributed by atoms with E-state index in [2.05, 4.69) is 4.99 Å². The molecule has 0 bridgehead atoms. The molecule has 1 aliphatic heterocycles. The maximum absolute atomic E-state index is 5.25. The first-order valence-electron chi connectivity index (χ1n) is 4.53. The molecular weight excluding hydrogens is 138 g/mol. The Bertz CT molecular complexity index is 224. The highest BCUT2D eigenvalue weighted by Crippen LogP contribution is 2.60. The van der Waals surface area contributed by atoms with Crippen LogP contribution in [-0.2, 0) is 4.74 Å². The van der Waals surface area contributed by atoms with Gasteiger partial charge in [0.05, 0.1) is 13.2 Å². The second-order valence-corrected chi connectivity index (χ2v) is 3.94. The normalized spacial score (nSPS) is 51.5. The Morgan fingerprint density at radius 2 is 2.36 bits per heavy atom. The minimum atomic E-state index is 0.647. The fraction of sp³-hybridized carbons (Fsp3) is 0.889. The summed E-state index contributed by atoms with van der Waals surface area (Å²) in [5, 5.41) is 0. The van der Waals surface area contributed by atoms with Crippen molar-refractivity contribution in [3.63, 3.8) is 0 Å². The molecule has 2 fully saturated rings. The molecule has 2 saturated carbocycles. The fourth-order valence-electron chi connectivity index (χ4n) is 2.99. The van der Waals surface area contributed by atoms with Gasteiger partial charge in [-0.3, -0.25) is 4.99 Å². The second kappa shape index (κ2) is 1.79. The quantitative estimate of drug-likeness (QED) is 0.513. The predicted octanol–water partition coefficient (Wildman–Crippen LogP) is 1.46. The number of fused-ring (bicyclic) bond motifs is 1. The summed E-state index contributed by atoms with van der Waals surface area (Å²) in [5.41, 5.74) is 0. The third-order valence-electron chi connectivity index (χ3n) is 3.50. The summed E-state index contributed by atoms with van der Waals surface area (Å²) < 4.78 is 5.25. The zero-order valence-electron chi connectivity index (χ0n) is 6.79. The molecule has 0 radical (unpaired) electrons. The summed E-state index contributed by atoms with van der Waals surface area (Å²) in [4.78, 5) is 4.55. The van der Waals surface area contributed by atoms with E-state index in [0.29, 0.717) is 6.04 Å². The van der Waals surface area contributed by atoms with E-state index in [-0.39, 0.29) is 0 Å². The highest BCUT2D eigenvalue weighted by Gasteiger charge is 2.62.